The zero-order valence-corrected chi connectivity index (χ0v) is 9.08. The Balaban J connectivity index is 2.08. The number of hydrogen-bond donors (Lipinski definition) is 2. The molecule has 0 spiro atoms. The van der Waals surface area contributed by atoms with E-state index in [1.54, 1.807) is 18.2 Å². The highest BCUT2D eigenvalue weighted by Crippen LogP contribution is 2.32. The van der Waals surface area contributed by atoms with Gasteiger partial charge in [-0.15, -0.1) is 0 Å². The lowest BCUT2D eigenvalue weighted by molar-refractivity contribution is 0.171. The van der Waals surface area contributed by atoms with Crippen LogP contribution in [-0.4, -0.2) is 25.8 Å². The molecule has 1 heterocycles. The van der Waals surface area contributed by atoms with Crippen molar-refractivity contribution in [2.24, 2.45) is 0 Å². The number of amides is 2. The fourth-order valence-electron chi connectivity index (χ4n) is 1.46. The van der Waals surface area contributed by atoms with Gasteiger partial charge in [0.2, 0.25) is 0 Å². The molecule has 1 aromatic rings. The summed E-state index contributed by atoms with van der Waals surface area (Å²) in [5.41, 5.74) is 0.690. The maximum atomic E-state index is 11.3. The van der Waals surface area contributed by atoms with Crippen LogP contribution in [0.1, 0.15) is 6.92 Å². The average Bonchev–Trinajstić information content (AvgIpc) is 2.29. The van der Waals surface area contributed by atoms with E-state index in [0.29, 0.717) is 36.9 Å². The largest absolute Gasteiger partial charge is 0.486 e. The predicted molar refractivity (Wildman–Crippen MR) is 60.1 cm³/mol. The molecular weight excluding hydrogens is 208 g/mol. The first-order valence-electron chi connectivity index (χ1n) is 5.24. The molecular formula is C11H14N2O3. The summed E-state index contributed by atoms with van der Waals surface area (Å²) < 4.78 is 10.8. The Morgan fingerprint density at radius 2 is 2.06 bits per heavy atom. The number of nitrogens with one attached hydrogen (secondary N) is 2. The van der Waals surface area contributed by atoms with Gasteiger partial charge in [0.05, 0.1) is 0 Å². The molecule has 1 aromatic carbocycles. The van der Waals surface area contributed by atoms with Crippen molar-refractivity contribution in [3.63, 3.8) is 0 Å². The third-order valence-electron chi connectivity index (χ3n) is 2.14. The SMILES string of the molecule is CCNC(=O)Nc1ccc2c(c1)OCCO2. The fraction of sp³-hybridized carbons (Fsp3) is 0.364. The van der Waals surface area contributed by atoms with Crippen LogP contribution in [0.5, 0.6) is 11.5 Å². The fourth-order valence-corrected chi connectivity index (χ4v) is 1.46. The zero-order chi connectivity index (χ0) is 11.4. The lowest BCUT2D eigenvalue weighted by atomic mass is 10.2. The topological polar surface area (TPSA) is 59.6 Å². The van der Waals surface area contributed by atoms with Crippen LogP contribution in [0.15, 0.2) is 18.2 Å². The predicted octanol–water partition coefficient (Wildman–Crippen LogP) is 1.60. The number of rotatable bonds is 2. The second kappa shape index (κ2) is 4.74. The highest BCUT2D eigenvalue weighted by molar-refractivity contribution is 5.89. The molecule has 0 saturated heterocycles. The number of hydrogen-bond acceptors (Lipinski definition) is 3. The smallest absolute Gasteiger partial charge is 0.319 e. The van der Waals surface area contributed by atoms with Crippen LogP contribution in [0.3, 0.4) is 0 Å². The van der Waals surface area contributed by atoms with Crippen LogP contribution < -0.4 is 20.1 Å². The number of carbonyl (C=O) groups excluding carboxylic acids is 1. The Kier molecular flexibility index (Phi) is 3.14. The van der Waals surface area contributed by atoms with E-state index >= 15 is 0 Å². The average molecular weight is 222 g/mol. The number of anilines is 1. The van der Waals surface area contributed by atoms with Gasteiger partial charge in [0.25, 0.3) is 0 Å². The molecule has 0 atom stereocenters. The number of urea groups is 1. The number of carbonyl (C=O) groups is 1. The van der Waals surface area contributed by atoms with E-state index in [9.17, 15) is 4.79 Å². The Hall–Kier alpha value is -1.91. The molecule has 1 aliphatic heterocycles. The normalized spacial score (nSPS) is 13.1. The minimum absolute atomic E-state index is 0.223. The van der Waals surface area contributed by atoms with Gasteiger partial charge in [0, 0.05) is 18.3 Å². The van der Waals surface area contributed by atoms with Crippen LogP contribution in [-0.2, 0) is 0 Å². The Labute approximate surface area is 93.7 Å². The van der Waals surface area contributed by atoms with E-state index in [2.05, 4.69) is 10.6 Å². The van der Waals surface area contributed by atoms with Gasteiger partial charge in [-0.25, -0.2) is 4.79 Å². The van der Waals surface area contributed by atoms with Crippen molar-refractivity contribution < 1.29 is 14.3 Å². The van der Waals surface area contributed by atoms with Gasteiger partial charge in [-0.05, 0) is 19.1 Å². The summed E-state index contributed by atoms with van der Waals surface area (Å²) in [4.78, 5) is 11.3. The summed E-state index contributed by atoms with van der Waals surface area (Å²) >= 11 is 0. The van der Waals surface area contributed by atoms with Crippen molar-refractivity contribution in [3.05, 3.63) is 18.2 Å². The minimum Gasteiger partial charge on any atom is -0.486 e. The summed E-state index contributed by atoms with van der Waals surface area (Å²) in [6.07, 6.45) is 0. The summed E-state index contributed by atoms with van der Waals surface area (Å²) in [7, 11) is 0. The molecule has 0 unspecified atom stereocenters. The molecule has 0 aliphatic carbocycles. The number of fused-ring (bicyclic) bond motifs is 1. The van der Waals surface area contributed by atoms with Gasteiger partial charge in [-0.2, -0.15) is 0 Å². The van der Waals surface area contributed by atoms with Gasteiger partial charge in [0.1, 0.15) is 13.2 Å². The molecule has 1 aliphatic rings. The van der Waals surface area contributed by atoms with E-state index in [-0.39, 0.29) is 6.03 Å². The van der Waals surface area contributed by atoms with Gasteiger partial charge in [0.15, 0.2) is 11.5 Å². The Morgan fingerprint density at radius 1 is 1.31 bits per heavy atom. The van der Waals surface area contributed by atoms with Crippen molar-refractivity contribution >= 4 is 11.7 Å². The summed E-state index contributed by atoms with van der Waals surface area (Å²) in [5.74, 6) is 1.38. The quantitative estimate of drug-likeness (QED) is 0.799. The van der Waals surface area contributed by atoms with Crippen molar-refractivity contribution in [2.75, 3.05) is 25.1 Å². The van der Waals surface area contributed by atoms with Crippen molar-refractivity contribution in [1.29, 1.82) is 0 Å². The second-order valence-electron chi connectivity index (χ2n) is 3.34. The van der Waals surface area contributed by atoms with Crippen LogP contribution >= 0.6 is 0 Å². The molecule has 0 aromatic heterocycles. The maximum absolute atomic E-state index is 11.3. The van der Waals surface area contributed by atoms with Crippen LogP contribution in [0.4, 0.5) is 10.5 Å². The standard InChI is InChI=1S/C11H14N2O3/c1-2-12-11(14)13-8-3-4-9-10(7-8)16-6-5-15-9/h3-4,7H,2,5-6H2,1H3,(H2,12,13,14). The first-order chi connectivity index (χ1) is 7.79. The van der Waals surface area contributed by atoms with E-state index in [1.165, 1.54) is 0 Å². The van der Waals surface area contributed by atoms with E-state index in [4.69, 9.17) is 9.47 Å². The van der Waals surface area contributed by atoms with Gasteiger partial charge in [-0.3, -0.25) is 0 Å². The molecule has 0 radical (unpaired) electrons. The van der Waals surface area contributed by atoms with Crippen molar-refractivity contribution in [3.8, 4) is 11.5 Å². The molecule has 5 nitrogen and oxygen atoms in total. The van der Waals surface area contributed by atoms with Crippen molar-refractivity contribution in [2.45, 2.75) is 6.92 Å². The van der Waals surface area contributed by atoms with Crippen LogP contribution in [0, 0.1) is 0 Å². The number of benzene rings is 1. The summed E-state index contributed by atoms with van der Waals surface area (Å²) in [6, 6.07) is 5.10. The van der Waals surface area contributed by atoms with Crippen LogP contribution in [0.2, 0.25) is 0 Å². The molecule has 86 valence electrons. The molecule has 0 fully saturated rings. The van der Waals surface area contributed by atoms with E-state index in [0.717, 1.165) is 0 Å². The highest BCUT2D eigenvalue weighted by atomic mass is 16.6. The highest BCUT2D eigenvalue weighted by Gasteiger charge is 2.12. The molecule has 2 amide bonds. The summed E-state index contributed by atoms with van der Waals surface area (Å²) in [5, 5.41) is 5.36. The zero-order valence-electron chi connectivity index (χ0n) is 9.08. The lowest BCUT2D eigenvalue weighted by Gasteiger charge is -2.19. The monoisotopic (exact) mass is 222 g/mol. The summed E-state index contributed by atoms with van der Waals surface area (Å²) in [6.45, 7) is 3.56. The van der Waals surface area contributed by atoms with Crippen LogP contribution in [0.25, 0.3) is 0 Å². The second-order valence-corrected chi connectivity index (χ2v) is 3.34. The molecule has 2 N–H and O–H groups in total. The maximum Gasteiger partial charge on any atom is 0.319 e. The Bertz CT molecular complexity index is 393. The van der Waals surface area contributed by atoms with Gasteiger partial charge < -0.3 is 20.1 Å². The van der Waals surface area contributed by atoms with Gasteiger partial charge >= 0.3 is 6.03 Å². The van der Waals surface area contributed by atoms with E-state index < -0.39 is 0 Å². The molecule has 5 heteroatoms. The Morgan fingerprint density at radius 3 is 2.81 bits per heavy atom. The minimum atomic E-state index is -0.223. The number of ether oxygens (including phenoxy) is 2. The molecule has 16 heavy (non-hydrogen) atoms. The molecule has 0 bridgehead atoms. The van der Waals surface area contributed by atoms with Crippen molar-refractivity contribution in [1.82, 2.24) is 5.32 Å². The first-order valence-corrected chi connectivity index (χ1v) is 5.24. The van der Waals surface area contributed by atoms with E-state index in [1.807, 2.05) is 6.92 Å². The molecule has 0 saturated carbocycles. The van der Waals surface area contributed by atoms with Gasteiger partial charge in [-0.1, -0.05) is 0 Å². The first kappa shape index (κ1) is 10.6. The lowest BCUT2D eigenvalue weighted by Crippen LogP contribution is -2.28. The third-order valence-corrected chi connectivity index (χ3v) is 2.14. The third kappa shape index (κ3) is 2.36. The molecule has 2 rings (SSSR count).